The van der Waals surface area contributed by atoms with Crippen molar-refractivity contribution in [3.63, 3.8) is 0 Å². The van der Waals surface area contributed by atoms with Gasteiger partial charge in [-0.15, -0.1) is 11.3 Å². The van der Waals surface area contributed by atoms with Crippen LogP contribution in [0.5, 0.6) is 11.5 Å². The van der Waals surface area contributed by atoms with Crippen molar-refractivity contribution in [2.24, 2.45) is 0 Å². The molecule has 0 saturated heterocycles. The Kier molecular flexibility index (Phi) is 4.94. The third-order valence-corrected chi connectivity index (χ3v) is 4.19. The van der Waals surface area contributed by atoms with Crippen LogP contribution in [0.15, 0.2) is 28.1 Å². The maximum absolute atomic E-state index is 12.3. The second-order valence-corrected chi connectivity index (χ2v) is 5.91. The molecule has 0 saturated carbocycles. The number of amides is 1. The maximum atomic E-state index is 12.3. The van der Waals surface area contributed by atoms with Gasteiger partial charge < -0.3 is 19.3 Å². The first-order chi connectivity index (χ1) is 12.1. The fourth-order valence-electron chi connectivity index (χ4n) is 2.13. The highest BCUT2D eigenvalue weighted by molar-refractivity contribution is 7.12. The Morgan fingerprint density at radius 3 is 2.72 bits per heavy atom. The van der Waals surface area contributed by atoms with Crippen LogP contribution in [0.25, 0.3) is 11.6 Å². The number of nitrogens with one attached hydrogen (secondary N) is 1. The van der Waals surface area contributed by atoms with E-state index in [1.54, 1.807) is 32.6 Å². The molecular weight excluding hydrogens is 344 g/mol. The van der Waals surface area contributed by atoms with Gasteiger partial charge in [0.25, 0.3) is 11.8 Å². The zero-order valence-electron chi connectivity index (χ0n) is 13.9. The van der Waals surface area contributed by atoms with Crippen molar-refractivity contribution in [2.45, 2.75) is 13.5 Å². The molecular formula is C16H16N4O4S. The van der Waals surface area contributed by atoms with Gasteiger partial charge in [0.2, 0.25) is 0 Å². The van der Waals surface area contributed by atoms with Crippen molar-refractivity contribution >= 4 is 17.2 Å². The first-order valence-electron chi connectivity index (χ1n) is 7.36. The van der Waals surface area contributed by atoms with Gasteiger partial charge in [-0.1, -0.05) is 11.2 Å². The molecule has 25 heavy (non-hydrogen) atoms. The summed E-state index contributed by atoms with van der Waals surface area (Å²) in [5, 5.41) is 8.56. The van der Waals surface area contributed by atoms with E-state index in [4.69, 9.17) is 14.0 Å². The average molecular weight is 360 g/mol. The number of methoxy groups -OCH3 is 2. The van der Waals surface area contributed by atoms with E-state index in [2.05, 4.69) is 20.4 Å². The van der Waals surface area contributed by atoms with Gasteiger partial charge in [0.15, 0.2) is 22.3 Å². The quantitative estimate of drug-likeness (QED) is 0.721. The molecule has 3 aromatic rings. The van der Waals surface area contributed by atoms with Crippen molar-refractivity contribution in [3.8, 4) is 23.1 Å². The second kappa shape index (κ2) is 7.31. The maximum Gasteiger partial charge on any atom is 0.280 e. The highest BCUT2D eigenvalue weighted by Gasteiger charge is 2.15. The summed E-state index contributed by atoms with van der Waals surface area (Å²) in [6.07, 6.45) is 0. The Bertz CT molecular complexity index is 890. The lowest BCUT2D eigenvalue weighted by Gasteiger charge is -2.09. The van der Waals surface area contributed by atoms with Gasteiger partial charge in [-0.2, -0.15) is 4.98 Å². The molecule has 1 N–H and O–H groups in total. The molecule has 1 aromatic carbocycles. The van der Waals surface area contributed by atoms with Gasteiger partial charge in [0.05, 0.1) is 14.2 Å². The topological polar surface area (TPSA) is 99.4 Å². The Balaban J connectivity index is 1.66. The molecule has 0 atom stereocenters. The summed E-state index contributed by atoms with van der Waals surface area (Å²) in [6, 6.07) is 5.46. The van der Waals surface area contributed by atoms with Crippen molar-refractivity contribution in [1.82, 2.24) is 20.4 Å². The number of thiazole rings is 1. The van der Waals surface area contributed by atoms with Crippen LogP contribution >= 0.6 is 11.3 Å². The molecule has 0 aliphatic heterocycles. The third kappa shape index (κ3) is 3.77. The summed E-state index contributed by atoms with van der Waals surface area (Å²) < 4.78 is 15.5. The van der Waals surface area contributed by atoms with Gasteiger partial charge in [-0.3, -0.25) is 4.79 Å². The number of ether oxygens (including phenoxy) is 2. The first kappa shape index (κ1) is 16.9. The van der Waals surface area contributed by atoms with Crippen molar-refractivity contribution in [1.29, 1.82) is 0 Å². The molecule has 2 heterocycles. The molecule has 2 aromatic heterocycles. The number of carbonyl (C=O) groups is 1. The van der Waals surface area contributed by atoms with Crippen LogP contribution in [0.1, 0.15) is 21.2 Å². The summed E-state index contributed by atoms with van der Waals surface area (Å²) in [6.45, 7) is 2.06. The average Bonchev–Trinajstić information content (AvgIpc) is 3.28. The third-order valence-electron chi connectivity index (χ3n) is 3.35. The van der Waals surface area contributed by atoms with Crippen LogP contribution in [0.3, 0.4) is 0 Å². The zero-order chi connectivity index (χ0) is 17.8. The summed E-state index contributed by atoms with van der Waals surface area (Å²) >= 11 is 1.21. The van der Waals surface area contributed by atoms with Gasteiger partial charge in [-0.25, -0.2) is 4.98 Å². The molecule has 0 aliphatic carbocycles. The van der Waals surface area contributed by atoms with E-state index in [-0.39, 0.29) is 5.91 Å². The lowest BCUT2D eigenvalue weighted by Crippen LogP contribution is -2.22. The number of benzene rings is 1. The molecule has 0 radical (unpaired) electrons. The number of hydrogen-bond donors (Lipinski definition) is 1. The molecule has 0 spiro atoms. The Hall–Kier alpha value is -2.94. The summed E-state index contributed by atoms with van der Waals surface area (Å²) in [5.41, 5.74) is 1.37. The smallest absolute Gasteiger partial charge is 0.280 e. The molecule has 130 valence electrons. The minimum absolute atomic E-state index is 0.276. The molecule has 8 nitrogen and oxygen atoms in total. The lowest BCUT2D eigenvalue weighted by atomic mass is 10.2. The molecule has 3 rings (SSSR count). The molecule has 9 heteroatoms. The van der Waals surface area contributed by atoms with Crippen LogP contribution in [0, 0.1) is 6.92 Å². The highest BCUT2D eigenvalue weighted by Crippen LogP contribution is 2.27. The number of aryl methyl sites for hydroxylation is 1. The molecule has 0 aliphatic rings. The van der Waals surface area contributed by atoms with Gasteiger partial charge >= 0.3 is 0 Å². The number of nitrogens with zero attached hydrogens (tertiary/aromatic N) is 3. The Morgan fingerprint density at radius 1 is 1.24 bits per heavy atom. The Morgan fingerprint density at radius 2 is 2.04 bits per heavy atom. The summed E-state index contributed by atoms with van der Waals surface area (Å²) in [4.78, 5) is 20.6. The minimum atomic E-state index is -0.276. The molecule has 0 bridgehead atoms. The van der Waals surface area contributed by atoms with E-state index >= 15 is 0 Å². The highest BCUT2D eigenvalue weighted by atomic mass is 32.1. The minimum Gasteiger partial charge on any atom is -0.493 e. The van der Waals surface area contributed by atoms with E-state index < -0.39 is 0 Å². The number of carbonyl (C=O) groups excluding carboxylic acids is 1. The van der Waals surface area contributed by atoms with Crippen LogP contribution < -0.4 is 14.8 Å². The number of aromatic nitrogens is 3. The van der Waals surface area contributed by atoms with E-state index in [0.717, 1.165) is 5.56 Å². The standard InChI is InChI=1S/C16H16N4O4S/c1-9-18-15(24-20-9)11-8-25-16(19-11)14(21)17-7-10-4-5-12(22-2)13(6-10)23-3/h4-6,8H,7H2,1-3H3,(H,17,21). The lowest BCUT2D eigenvalue weighted by molar-refractivity contribution is 0.0950. The van der Waals surface area contributed by atoms with Crippen molar-refractivity contribution in [3.05, 3.63) is 40.0 Å². The monoisotopic (exact) mass is 360 g/mol. The van der Waals surface area contributed by atoms with Crippen LogP contribution in [0.2, 0.25) is 0 Å². The fourth-order valence-corrected chi connectivity index (χ4v) is 2.83. The second-order valence-electron chi connectivity index (χ2n) is 5.06. The van der Waals surface area contributed by atoms with Crippen LogP contribution in [0.4, 0.5) is 0 Å². The molecule has 0 unspecified atom stereocenters. The molecule has 0 fully saturated rings. The molecule has 1 amide bonds. The predicted octanol–water partition coefficient (Wildman–Crippen LogP) is 2.45. The van der Waals surface area contributed by atoms with Crippen molar-refractivity contribution < 1.29 is 18.8 Å². The van der Waals surface area contributed by atoms with Crippen molar-refractivity contribution in [2.75, 3.05) is 14.2 Å². The number of hydrogen-bond acceptors (Lipinski definition) is 8. The zero-order valence-corrected chi connectivity index (χ0v) is 14.7. The summed E-state index contributed by atoms with van der Waals surface area (Å²) in [5.74, 6) is 1.78. The van der Waals surface area contributed by atoms with E-state index in [1.165, 1.54) is 11.3 Å². The predicted molar refractivity (Wildman–Crippen MR) is 90.9 cm³/mol. The largest absolute Gasteiger partial charge is 0.493 e. The van der Waals surface area contributed by atoms with E-state index in [9.17, 15) is 4.79 Å². The van der Waals surface area contributed by atoms with Gasteiger partial charge in [0, 0.05) is 11.9 Å². The number of rotatable bonds is 6. The van der Waals surface area contributed by atoms with Crippen LogP contribution in [-0.2, 0) is 6.54 Å². The van der Waals surface area contributed by atoms with E-state index in [1.807, 2.05) is 12.1 Å². The van der Waals surface area contributed by atoms with Gasteiger partial charge in [-0.05, 0) is 24.6 Å². The van der Waals surface area contributed by atoms with E-state index in [0.29, 0.717) is 40.5 Å². The SMILES string of the molecule is COc1ccc(CNC(=O)c2nc(-c3nc(C)no3)cs2)cc1OC. The van der Waals surface area contributed by atoms with Crippen LogP contribution in [-0.4, -0.2) is 35.3 Å². The fraction of sp³-hybridized carbons (Fsp3) is 0.250. The van der Waals surface area contributed by atoms with Gasteiger partial charge in [0.1, 0.15) is 5.69 Å². The first-order valence-corrected chi connectivity index (χ1v) is 8.24. The Labute approximate surface area is 147 Å². The summed E-state index contributed by atoms with van der Waals surface area (Å²) in [7, 11) is 3.14. The normalized spacial score (nSPS) is 10.5.